The van der Waals surface area contributed by atoms with E-state index in [4.69, 9.17) is 10.5 Å². The van der Waals surface area contributed by atoms with Gasteiger partial charge in [0.25, 0.3) is 0 Å². The number of aliphatic hydroxyl groups excluding tert-OH is 1. The molecule has 0 aliphatic carbocycles. The Hall–Kier alpha value is -4.03. The Morgan fingerprint density at radius 3 is 2.43 bits per heavy atom. The number of anilines is 2. The monoisotopic (exact) mass is 497 g/mol. The lowest BCUT2D eigenvalue weighted by atomic mass is 9.92. The molecule has 0 unspecified atom stereocenters. The fraction of sp³-hybridized carbons (Fsp3) is 0.226. The third kappa shape index (κ3) is 4.60. The van der Waals surface area contributed by atoms with E-state index in [9.17, 15) is 5.11 Å². The average molecular weight is 498 g/mol. The van der Waals surface area contributed by atoms with Crippen LogP contribution in [0.5, 0.6) is 5.75 Å². The van der Waals surface area contributed by atoms with Gasteiger partial charge in [0.15, 0.2) is 11.6 Å². The van der Waals surface area contributed by atoms with E-state index in [2.05, 4.69) is 49.6 Å². The molecule has 3 N–H and O–H groups in total. The lowest BCUT2D eigenvalue weighted by Crippen LogP contribution is -2.27. The standard InChI is InChI=1S/C31H32FN3O2/c1-20-26-15-28(32)30(34-14-13-23(16-33)18-34)31(37-3)29(26)35(19-27(20)21(2)36)17-22-9-11-25(12-10-22)24-7-5-4-6-8-24/h4-12,15,19,23,36H,1-2,13-14,16-18,33H2,3H3/t23-/m0/s1. The summed E-state index contributed by atoms with van der Waals surface area (Å²) in [6, 6.07) is 20.0. The van der Waals surface area contributed by atoms with Gasteiger partial charge in [0.1, 0.15) is 11.4 Å². The third-order valence-electron chi connectivity index (χ3n) is 7.27. The Kier molecular flexibility index (Phi) is 6.76. The van der Waals surface area contributed by atoms with Crippen molar-refractivity contribution in [3.05, 3.63) is 108 Å². The number of ether oxygens (including phenoxy) is 1. The molecule has 0 spiro atoms. The summed E-state index contributed by atoms with van der Waals surface area (Å²) in [5, 5.41) is 10.3. The van der Waals surface area contributed by atoms with Gasteiger partial charge in [-0.15, -0.1) is 0 Å². The molecule has 37 heavy (non-hydrogen) atoms. The third-order valence-corrected chi connectivity index (χ3v) is 7.27. The molecule has 190 valence electrons. The lowest BCUT2D eigenvalue weighted by Gasteiger charge is -2.34. The van der Waals surface area contributed by atoms with Crippen LogP contribution in [0.1, 0.15) is 17.5 Å². The summed E-state index contributed by atoms with van der Waals surface area (Å²) in [6.07, 6.45) is 2.73. The minimum absolute atomic E-state index is 0.117. The first kappa shape index (κ1) is 24.7. The van der Waals surface area contributed by atoms with E-state index in [0.29, 0.717) is 60.2 Å². The lowest BCUT2D eigenvalue weighted by molar-refractivity contribution is 0.410. The molecule has 0 aromatic heterocycles. The average Bonchev–Trinajstić information content (AvgIpc) is 3.39. The number of fused-ring (bicyclic) bond motifs is 1. The van der Waals surface area contributed by atoms with Crippen molar-refractivity contribution >= 4 is 16.9 Å². The molecule has 1 saturated heterocycles. The molecule has 3 aromatic rings. The number of rotatable bonds is 7. The summed E-state index contributed by atoms with van der Waals surface area (Å²) in [5.74, 6) is 0.271. The molecule has 1 fully saturated rings. The van der Waals surface area contributed by atoms with Crippen LogP contribution in [-0.2, 0) is 6.54 Å². The first-order valence-corrected chi connectivity index (χ1v) is 12.5. The molecular formula is C31H32FN3O2. The normalized spacial score (nSPS) is 17.0. The Balaban J connectivity index is 1.57. The van der Waals surface area contributed by atoms with Crippen LogP contribution in [0.3, 0.4) is 0 Å². The summed E-state index contributed by atoms with van der Waals surface area (Å²) in [5.41, 5.74) is 11.9. The highest BCUT2D eigenvalue weighted by Crippen LogP contribution is 2.50. The van der Waals surface area contributed by atoms with Gasteiger partial charge in [0.2, 0.25) is 0 Å². The van der Waals surface area contributed by atoms with Gasteiger partial charge in [-0.3, -0.25) is 0 Å². The zero-order valence-corrected chi connectivity index (χ0v) is 21.1. The quantitative estimate of drug-likeness (QED) is 0.377. The molecular weight excluding hydrogens is 465 g/mol. The van der Waals surface area contributed by atoms with Crippen molar-refractivity contribution in [3.63, 3.8) is 0 Å². The van der Waals surface area contributed by atoms with E-state index in [1.165, 1.54) is 6.07 Å². The zero-order valence-electron chi connectivity index (χ0n) is 21.1. The number of methoxy groups -OCH3 is 1. The number of halogens is 1. The number of aliphatic hydroxyl groups is 1. The van der Waals surface area contributed by atoms with Crippen molar-refractivity contribution in [2.45, 2.75) is 13.0 Å². The molecule has 0 amide bonds. The smallest absolute Gasteiger partial charge is 0.169 e. The highest BCUT2D eigenvalue weighted by molar-refractivity contribution is 5.96. The second-order valence-electron chi connectivity index (χ2n) is 9.63. The molecule has 2 aliphatic rings. The summed E-state index contributed by atoms with van der Waals surface area (Å²) in [7, 11) is 1.56. The number of hydrogen-bond donors (Lipinski definition) is 2. The van der Waals surface area contributed by atoms with Gasteiger partial charge in [-0.2, -0.15) is 0 Å². The van der Waals surface area contributed by atoms with Crippen LogP contribution in [0.2, 0.25) is 0 Å². The zero-order chi connectivity index (χ0) is 26.1. The molecule has 5 rings (SSSR count). The van der Waals surface area contributed by atoms with E-state index < -0.39 is 0 Å². The van der Waals surface area contributed by atoms with E-state index in [1.807, 2.05) is 34.2 Å². The number of nitrogens with two attached hydrogens (primary N) is 1. The van der Waals surface area contributed by atoms with Crippen molar-refractivity contribution < 1.29 is 14.2 Å². The van der Waals surface area contributed by atoms with E-state index in [1.54, 1.807) is 7.11 Å². The second kappa shape index (κ2) is 10.1. The molecule has 0 saturated carbocycles. The van der Waals surface area contributed by atoms with Crippen molar-refractivity contribution in [3.8, 4) is 16.9 Å². The molecule has 2 aliphatic heterocycles. The Morgan fingerprint density at radius 2 is 1.81 bits per heavy atom. The van der Waals surface area contributed by atoms with Crippen LogP contribution in [0.4, 0.5) is 15.8 Å². The van der Waals surface area contributed by atoms with E-state index in [-0.39, 0.29) is 11.6 Å². The minimum atomic E-state index is -0.383. The second-order valence-corrected chi connectivity index (χ2v) is 9.63. The van der Waals surface area contributed by atoms with Gasteiger partial charge >= 0.3 is 0 Å². The number of hydrogen-bond acceptors (Lipinski definition) is 5. The number of allylic oxidation sites excluding steroid dienone is 1. The molecule has 0 bridgehead atoms. The fourth-order valence-corrected chi connectivity index (χ4v) is 5.28. The molecule has 0 radical (unpaired) electrons. The maximum atomic E-state index is 15.7. The Labute approximate surface area is 217 Å². The van der Waals surface area contributed by atoms with Crippen molar-refractivity contribution in [2.75, 3.05) is 36.5 Å². The summed E-state index contributed by atoms with van der Waals surface area (Å²) in [6.45, 7) is 10.3. The minimum Gasteiger partial charge on any atom is -0.508 e. The largest absolute Gasteiger partial charge is 0.508 e. The fourth-order valence-electron chi connectivity index (χ4n) is 5.28. The van der Waals surface area contributed by atoms with Crippen molar-refractivity contribution in [1.82, 2.24) is 0 Å². The number of benzene rings is 3. The Bertz CT molecular complexity index is 1370. The molecule has 3 aromatic carbocycles. The molecule has 6 heteroatoms. The van der Waals surface area contributed by atoms with Gasteiger partial charge < -0.3 is 25.4 Å². The van der Waals surface area contributed by atoms with Crippen LogP contribution >= 0.6 is 0 Å². The predicted octanol–water partition coefficient (Wildman–Crippen LogP) is 6.28. The van der Waals surface area contributed by atoms with E-state index >= 15 is 4.39 Å². The predicted molar refractivity (Wildman–Crippen MR) is 149 cm³/mol. The van der Waals surface area contributed by atoms with Crippen LogP contribution in [0.15, 0.2) is 91.4 Å². The topological polar surface area (TPSA) is 62.0 Å². The van der Waals surface area contributed by atoms with Crippen molar-refractivity contribution in [1.29, 1.82) is 0 Å². The van der Waals surface area contributed by atoms with Gasteiger partial charge in [-0.05, 0) is 47.2 Å². The number of nitrogens with zero attached hydrogens (tertiary/aromatic N) is 2. The van der Waals surface area contributed by atoms with Gasteiger partial charge in [-0.1, -0.05) is 67.8 Å². The molecule has 2 heterocycles. The highest BCUT2D eigenvalue weighted by atomic mass is 19.1. The first-order valence-electron chi connectivity index (χ1n) is 12.5. The van der Waals surface area contributed by atoms with Crippen LogP contribution in [0.25, 0.3) is 16.7 Å². The summed E-state index contributed by atoms with van der Waals surface area (Å²) >= 11 is 0. The SMILES string of the molecule is C=C(O)C1=CN(Cc2ccc(-c3ccccc3)cc2)c2c(cc(F)c(N3CC[C@@H](CN)C3)c2OC)C1=C. The van der Waals surface area contributed by atoms with E-state index in [0.717, 1.165) is 28.8 Å². The first-order chi connectivity index (χ1) is 17.9. The van der Waals surface area contributed by atoms with Crippen LogP contribution < -0.4 is 20.3 Å². The van der Waals surface area contributed by atoms with Gasteiger partial charge in [0.05, 0.1) is 12.8 Å². The van der Waals surface area contributed by atoms with Gasteiger partial charge in [-0.25, -0.2) is 4.39 Å². The Morgan fingerprint density at radius 1 is 1.11 bits per heavy atom. The van der Waals surface area contributed by atoms with Crippen LogP contribution in [0, 0.1) is 11.7 Å². The molecule has 1 atom stereocenters. The maximum Gasteiger partial charge on any atom is 0.169 e. The maximum absolute atomic E-state index is 15.7. The highest BCUT2D eigenvalue weighted by Gasteiger charge is 2.33. The molecule has 5 nitrogen and oxygen atoms in total. The summed E-state index contributed by atoms with van der Waals surface area (Å²) < 4.78 is 21.5. The van der Waals surface area contributed by atoms with Gasteiger partial charge in [0, 0.05) is 37.0 Å². The van der Waals surface area contributed by atoms with Crippen molar-refractivity contribution in [2.24, 2.45) is 11.7 Å². The summed E-state index contributed by atoms with van der Waals surface area (Å²) in [4.78, 5) is 4.00. The van der Waals surface area contributed by atoms with Crippen LogP contribution in [-0.4, -0.2) is 31.9 Å².